The Morgan fingerprint density at radius 1 is 1.09 bits per heavy atom. The molecule has 0 fully saturated rings. The van der Waals surface area contributed by atoms with E-state index in [1.807, 2.05) is 41.8 Å². The number of halogens is 1. The zero-order valence-electron chi connectivity index (χ0n) is 19.2. The second kappa shape index (κ2) is 9.84. The molecule has 0 spiro atoms. The molecule has 0 aliphatic heterocycles. The minimum atomic E-state index is -3.80. The van der Waals surface area contributed by atoms with Crippen molar-refractivity contribution >= 4 is 62.6 Å². The van der Waals surface area contributed by atoms with Gasteiger partial charge in [-0.05, 0) is 56.3 Å². The first-order valence-corrected chi connectivity index (χ1v) is 11.9. The van der Waals surface area contributed by atoms with Crippen LogP contribution in [0.25, 0.3) is 11.0 Å². The van der Waals surface area contributed by atoms with Crippen molar-refractivity contribution in [2.45, 2.75) is 24.8 Å². The molecular weight excluding hydrogens is 476 g/mol. The number of hydrogen-bond donors (Lipinski definition) is 3. The number of aryl methyl sites for hydroxylation is 1. The van der Waals surface area contributed by atoms with Crippen molar-refractivity contribution in [2.24, 2.45) is 12.2 Å². The van der Waals surface area contributed by atoms with Crippen molar-refractivity contribution in [3.8, 4) is 0 Å². The van der Waals surface area contributed by atoms with Gasteiger partial charge in [-0.15, -0.1) is 12.4 Å². The molecule has 4 aromatic rings. The maximum absolute atomic E-state index is 11.6. The Balaban J connectivity index is 0.00000324. The third kappa shape index (κ3) is 5.38. The third-order valence-electron chi connectivity index (χ3n) is 5.07. The molecule has 4 rings (SSSR count). The Morgan fingerprint density at radius 3 is 2.56 bits per heavy atom. The summed E-state index contributed by atoms with van der Waals surface area (Å²) in [6, 6.07) is 14.3. The van der Waals surface area contributed by atoms with Crippen molar-refractivity contribution in [3.05, 3.63) is 54.7 Å². The summed E-state index contributed by atoms with van der Waals surface area (Å²) in [4.78, 5) is 15.5. The molecule has 12 heteroatoms. The van der Waals surface area contributed by atoms with E-state index in [1.54, 1.807) is 24.4 Å². The van der Waals surface area contributed by atoms with Gasteiger partial charge in [0.05, 0.1) is 15.9 Å². The van der Waals surface area contributed by atoms with Gasteiger partial charge < -0.3 is 20.1 Å². The summed E-state index contributed by atoms with van der Waals surface area (Å²) in [6.07, 6.45) is 1.63. The Labute approximate surface area is 204 Å². The summed E-state index contributed by atoms with van der Waals surface area (Å²) >= 11 is 0. The largest absolute Gasteiger partial charge is 0.353 e. The average molecular weight is 503 g/mol. The Morgan fingerprint density at radius 2 is 1.85 bits per heavy atom. The maximum atomic E-state index is 11.6. The molecule has 0 amide bonds. The number of hydrogen-bond acceptors (Lipinski definition) is 8. The first-order valence-electron chi connectivity index (χ1n) is 10.3. The highest BCUT2D eigenvalue weighted by atomic mass is 35.5. The summed E-state index contributed by atoms with van der Waals surface area (Å²) in [7, 11) is 0.0880. The summed E-state index contributed by atoms with van der Waals surface area (Å²) in [5.74, 6) is 1.80. The van der Waals surface area contributed by atoms with Crippen LogP contribution in [0.1, 0.15) is 13.8 Å². The highest BCUT2D eigenvalue weighted by molar-refractivity contribution is 7.89. The van der Waals surface area contributed by atoms with Crippen molar-refractivity contribution in [2.75, 3.05) is 22.6 Å². The smallest absolute Gasteiger partial charge is 0.238 e. The van der Waals surface area contributed by atoms with Gasteiger partial charge >= 0.3 is 0 Å². The van der Waals surface area contributed by atoms with Crippen LogP contribution in [0.5, 0.6) is 0 Å². The van der Waals surface area contributed by atoms with Crippen molar-refractivity contribution < 1.29 is 8.42 Å². The number of rotatable bonds is 7. The minimum Gasteiger partial charge on any atom is -0.353 e. The van der Waals surface area contributed by atoms with Crippen molar-refractivity contribution in [1.82, 2.24) is 19.5 Å². The second-order valence-corrected chi connectivity index (χ2v) is 9.52. The van der Waals surface area contributed by atoms with Gasteiger partial charge in [0, 0.05) is 37.7 Å². The molecule has 0 unspecified atom stereocenters. The molecule has 10 nitrogen and oxygen atoms in total. The third-order valence-corrected chi connectivity index (χ3v) is 5.98. The number of imidazole rings is 1. The predicted octanol–water partition coefficient (Wildman–Crippen LogP) is 3.76. The van der Waals surface area contributed by atoms with E-state index in [0.717, 1.165) is 22.7 Å². The van der Waals surface area contributed by atoms with Gasteiger partial charge in [-0.25, -0.2) is 23.5 Å². The van der Waals surface area contributed by atoms with Crippen molar-refractivity contribution in [3.63, 3.8) is 0 Å². The molecule has 0 radical (unpaired) electrons. The van der Waals surface area contributed by atoms with Crippen LogP contribution in [0.4, 0.5) is 29.1 Å². The Kier molecular flexibility index (Phi) is 7.29. The number of fused-ring (bicyclic) bond motifs is 1. The number of benzene rings is 2. The quantitative estimate of drug-likeness (QED) is 0.348. The number of sulfonamides is 1. The number of nitrogens with two attached hydrogens (primary N) is 1. The molecule has 2 aromatic heterocycles. The number of anilines is 5. The van der Waals surface area contributed by atoms with Crippen LogP contribution in [-0.4, -0.2) is 41.0 Å². The van der Waals surface area contributed by atoms with Crippen LogP contribution in [0.2, 0.25) is 0 Å². The summed E-state index contributed by atoms with van der Waals surface area (Å²) in [5.41, 5.74) is 3.33. The fraction of sp³-hybridized carbons (Fsp3) is 0.227. The lowest BCUT2D eigenvalue weighted by atomic mass is 10.2. The predicted molar refractivity (Wildman–Crippen MR) is 138 cm³/mol. The van der Waals surface area contributed by atoms with Crippen LogP contribution in [0.15, 0.2) is 59.6 Å². The van der Waals surface area contributed by atoms with Gasteiger partial charge in [-0.3, -0.25) is 0 Å². The zero-order valence-corrected chi connectivity index (χ0v) is 20.9. The fourth-order valence-corrected chi connectivity index (χ4v) is 3.95. The van der Waals surface area contributed by atoms with Crippen LogP contribution < -0.4 is 20.7 Å². The van der Waals surface area contributed by atoms with Gasteiger partial charge in [-0.2, -0.15) is 4.98 Å². The first-order chi connectivity index (χ1) is 15.6. The SMILES string of the molecule is CC(C)Nc1nc2cc(N(C)c3ccnc(Nc4cccc(S(N)(=O)=O)c4)n3)ccc2n1C.Cl. The van der Waals surface area contributed by atoms with Gasteiger partial charge in [0.2, 0.25) is 21.9 Å². The van der Waals surface area contributed by atoms with E-state index < -0.39 is 10.0 Å². The van der Waals surface area contributed by atoms with Crippen LogP contribution in [-0.2, 0) is 17.1 Å². The minimum absolute atomic E-state index is 0. The van der Waals surface area contributed by atoms with E-state index in [9.17, 15) is 8.42 Å². The van der Waals surface area contributed by atoms with Crippen LogP contribution in [0.3, 0.4) is 0 Å². The highest BCUT2D eigenvalue weighted by Gasteiger charge is 2.13. The highest BCUT2D eigenvalue weighted by Crippen LogP contribution is 2.28. The van der Waals surface area contributed by atoms with E-state index in [4.69, 9.17) is 10.1 Å². The van der Waals surface area contributed by atoms with Crippen molar-refractivity contribution in [1.29, 1.82) is 0 Å². The maximum Gasteiger partial charge on any atom is 0.238 e. The zero-order chi connectivity index (χ0) is 23.8. The topological polar surface area (TPSA) is 131 Å². The molecule has 0 aliphatic rings. The summed E-state index contributed by atoms with van der Waals surface area (Å²) < 4.78 is 25.2. The molecule has 2 aromatic carbocycles. The molecule has 180 valence electrons. The normalized spacial score (nSPS) is 11.4. The molecule has 0 saturated carbocycles. The average Bonchev–Trinajstić information content (AvgIpc) is 3.07. The second-order valence-electron chi connectivity index (χ2n) is 7.96. The van der Waals surface area contributed by atoms with E-state index in [1.165, 1.54) is 12.1 Å². The van der Waals surface area contributed by atoms with E-state index in [-0.39, 0.29) is 23.3 Å². The lowest BCUT2D eigenvalue weighted by Crippen LogP contribution is -2.13. The van der Waals surface area contributed by atoms with Gasteiger partial charge in [-0.1, -0.05) is 6.07 Å². The Hall–Kier alpha value is -3.41. The lowest BCUT2D eigenvalue weighted by Gasteiger charge is -2.19. The van der Waals surface area contributed by atoms with Gasteiger partial charge in [0.25, 0.3) is 0 Å². The molecule has 0 saturated heterocycles. The van der Waals surface area contributed by atoms with Gasteiger partial charge in [0.1, 0.15) is 5.82 Å². The molecule has 0 atom stereocenters. The summed E-state index contributed by atoms with van der Waals surface area (Å²) in [5, 5.41) is 11.6. The van der Waals surface area contributed by atoms with E-state index >= 15 is 0 Å². The molecule has 0 bridgehead atoms. The molecular formula is C22H27ClN8O2S. The lowest BCUT2D eigenvalue weighted by molar-refractivity contribution is 0.598. The Bertz CT molecular complexity index is 1420. The van der Waals surface area contributed by atoms with Gasteiger partial charge in [0.15, 0.2) is 0 Å². The molecule has 2 heterocycles. The number of primary sulfonamides is 1. The number of aromatic nitrogens is 4. The number of nitrogens with one attached hydrogen (secondary N) is 2. The number of nitrogens with zero attached hydrogens (tertiary/aromatic N) is 5. The summed E-state index contributed by atoms with van der Waals surface area (Å²) in [6.45, 7) is 4.15. The molecule has 4 N–H and O–H groups in total. The van der Waals surface area contributed by atoms with E-state index in [0.29, 0.717) is 17.5 Å². The van der Waals surface area contributed by atoms with E-state index in [2.05, 4.69) is 34.4 Å². The standard InChI is InChI=1S/C22H26N8O2S.ClH/c1-14(2)25-22-27-18-13-16(8-9-19(18)30(22)4)29(3)20-10-11-24-21(28-20)26-15-6-5-7-17(12-15)33(23,31)32;/h5-14H,1-4H3,(H,25,27)(H2,23,31,32)(H,24,26,28);1H. The fourth-order valence-electron chi connectivity index (χ4n) is 3.39. The monoisotopic (exact) mass is 502 g/mol. The molecule has 0 aliphatic carbocycles. The first kappa shape index (κ1) is 25.2. The molecule has 34 heavy (non-hydrogen) atoms. The van der Waals surface area contributed by atoms with Crippen LogP contribution >= 0.6 is 12.4 Å². The van der Waals surface area contributed by atoms with Crippen LogP contribution in [0, 0.1) is 0 Å².